The van der Waals surface area contributed by atoms with E-state index in [1.165, 1.54) is 12.1 Å². The number of rotatable bonds is 3. The summed E-state index contributed by atoms with van der Waals surface area (Å²) < 4.78 is 0. The Labute approximate surface area is 127 Å². The molecule has 112 valence electrons. The van der Waals surface area contributed by atoms with E-state index < -0.39 is 4.92 Å². The fourth-order valence-electron chi connectivity index (χ4n) is 2.36. The lowest BCUT2D eigenvalue weighted by Gasteiger charge is -2.24. The van der Waals surface area contributed by atoms with Gasteiger partial charge in [0.15, 0.2) is 0 Å². The van der Waals surface area contributed by atoms with Gasteiger partial charge < -0.3 is 10.6 Å². The summed E-state index contributed by atoms with van der Waals surface area (Å²) in [6.45, 7) is 2.01. The van der Waals surface area contributed by atoms with Gasteiger partial charge in [-0.25, -0.2) is 4.98 Å². The highest BCUT2D eigenvalue weighted by Crippen LogP contribution is 2.19. The second kappa shape index (κ2) is 6.64. The number of nitro benzene ring substituents is 1. The fourth-order valence-corrected chi connectivity index (χ4v) is 2.36. The Morgan fingerprint density at radius 1 is 1.29 bits per heavy atom. The van der Waals surface area contributed by atoms with Gasteiger partial charge in [-0.3, -0.25) is 15.1 Å². The minimum atomic E-state index is -0.428. The third-order valence-corrected chi connectivity index (χ3v) is 3.43. The lowest BCUT2D eigenvalue weighted by atomic mass is 10.1. The highest BCUT2D eigenvalue weighted by atomic mass is 35.5. The van der Waals surface area contributed by atoms with E-state index in [0.717, 1.165) is 31.7 Å². The van der Waals surface area contributed by atoms with Crippen molar-refractivity contribution in [3.8, 4) is 0 Å². The standard InChI is InChI=1S/C13H15N5O2.ClH/c19-18(20)10-1-2-11-12(7-10)15-8-13(17-11)16-9-3-5-14-6-4-9;/h1-2,7-9,14H,3-6H2,(H,16,17);1H. The smallest absolute Gasteiger partial charge is 0.271 e. The lowest BCUT2D eigenvalue weighted by molar-refractivity contribution is -0.384. The second-order valence-electron chi connectivity index (χ2n) is 4.85. The number of fused-ring (bicyclic) bond motifs is 1. The Morgan fingerprint density at radius 2 is 2.05 bits per heavy atom. The van der Waals surface area contributed by atoms with Crippen molar-refractivity contribution in [2.75, 3.05) is 18.4 Å². The lowest BCUT2D eigenvalue weighted by Crippen LogP contribution is -2.35. The van der Waals surface area contributed by atoms with E-state index in [0.29, 0.717) is 17.1 Å². The van der Waals surface area contributed by atoms with E-state index in [2.05, 4.69) is 20.6 Å². The van der Waals surface area contributed by atoms with Crippen LogP contribution in [0, 0.1) is 10.1 Å². The molecule has 0 unspecified atom stereocenters. The molecule has 2 heterocycles. The Kier molecular flexibility index (Phi) is 4.87. The predicted molar refractivity (Wildman–Crippen MR) is 83.0 cm³/mol. The second-order valence-corrected chi connectivity index (χ2v) is 4.85. The van der Waals surface area contributed by atoms with Gasteiger partial charge in [0.25, 0.3) is 5.69 Å². The molecule has 0 spiro atoms. The van der Waals surface area contributed by atoms with Gasteiger partial charge in [-0.1, -0.05) is 0 Å². The van der Waals surface area contributed by atoms with Crippen LogP contribution in [-0.2, 0) is 0 Å². The highest BCUT2D eigenvalue weighted by molar-refractivity contribution is 5.85. The molecule has 0 aliphatic carbocycles. The van der Waals surface area contributed by atoms with Crippen molar-refractivity contribution >= 4 is 34.9 Å². The Hall–Kier alpha value is -1.99. The molecule has 1 saturated heterocycles. The fraction of sp³-hybridized carbons (Fsp3) is 0.385. The maximum absolute atomic E-state index is 10.7. The average Bonchev–Trinajstić information content (AvgIpc) is 2.47. The molecular weight excluding hydrogens is 294 g/mol. The molecule has 1 aliphatic rings. The monoisotopic (exact) mass is 309 g/mol. The van der Waals surface area contributed by atoms with E-state index >= 15 is 0 Å². The van der Waals surface area contributed by atoms with Crippen LogP contribution in [0.25, 0.3) is 11.0 Å². The zero-order valence-corrected chi connectivity index (χ0v) is 12.1. The molecule has 8 heteroatoms. The molecule has 0 saturated carbocycles. The van der Waals surface area contributed by atoms with Gasteiger partial charge in [0.2, 0.25) is 0 Å². The van der Waals surface area contributed by atoms with Gasteiger partial charge >= 0.3 is 0 Å². The van der Waals surface area contributed by atoms with Crippen molar-refractivity contribution in [1.29, 1.82) is 0 Å². The molecule has 0 atom stereocenters. The minimum absolute atomic E-state index is 0. The predicted octanol–water partition coefficient (Wildman–Crippen LogP) is 2.12. The molecule has 0 amide bonds. The molecule has 1 fully saturated rings. The first kappa shape index (κ1) is 15.4. The summed E-state index contributed by atoms with van der Waals surface area (Å²) >= 11 is 0. The summed E-state index contributed by atoms with van der Waals surface area (Å²) in [5.41, 5.74) is 1.23. The van der Waals surface area contributed by atoms with Gasteiger partial charge in [-0.2, -0.15) is 0 Å². The zero-order valence-electron chi connectivity index (χ0n) is 11.3. The molecule has 1 aliphatic heterocycles. The van der Waals surface area contributed by atoms with Gasteiger partial charge in [-0.15, -0.1) is 12.4 Å². The van der Waals surface area contributed by atoms with Crippen LogP contribution in [0.2, 0.25) is 0 Å². The number of anilines is 1. The number of hydrogen-bond acceptors (Lipinski definition) is 6. The van der Waals surface area contributed by atoms with Crippen LogP contribution < -0.4 is 10.6 Å². The van der Waals surface area contributed by atoms with Crippen LogP contribution in [-0.4, -0.2) is 34.0 Å². The SMILES string of the molecule is Cl.O=[N+]([O-])c1ccc2nc(NC3CCNCC3)cnc2c1. The molecule has 21 heavy (non-hydrogen) atoms. The molecule has 2 N–H and O–H groups in total. The summed E-state index contributed by atoms with van der Waals surface area (Å²) in [6.07, 6.45) is 3.74. The molecule has 3 rings (SSSR count). The molecule has 7 nitrogen and oxygen atoms in total. The van der Waals surface area contributed by atoms with Gasteiger partial charge in [0.05, 0.1) is 22.2 Å². The molecule has 2 aromatic rings. The zero-order chi connectivity index (χ0) is 13.9. The highest BCUT2D eigenvalue weighted by Gasteiger charge is 2.14. The van der Waals surface area contributed by atoms with E-state index in [1.807, 2.05) is 0 Å². The maximum atomic E-state index is 10.7. The Bertz CT molecular complexity index is 645. The Morgan fingerprint density at radius 3 is 2.76 bits per heavy atom. The number of benzene rings is 1. The number of hydrogen-bond donors (Lipinski definition) is 2. The van der Waals surface area contributed by atoms with E-state index in [1.54, 1.807) is 12.3 Å². The van der Waals surface area contributed by atoms with Crippen LogP contribution in [0.5, 0.6) is 0 Å². The third kappa shape index (κ3) is 3.56. The number of halogens is 1. The molecule has 0 bridgehead atoms. The molecule has 0 radical (unpaired) electrons. The summed E-state index contributed by atoms with van der Waals surface area (Å²) in [5.74, 6) is 0.721. The Balaban J connectivity index is 0.00000161. The van der Waals surface area contributed by atoms with Gasteiger partial charge in [0, 0.05) is 18.2 Å². The van der Waals surface area contributed by atoms with Crippen molar-refractivity contribution in [3.63, 3.8) is 0 Å². The number of nitro groups is 1. The maximum Gasteiger partial charge on any atom is 0.271 e. The first-order valence-electron chi connectivity index (χ1n) is 6.61. The summed E-state index contributed by atoms with van der Waals surface area (Å²) in [5, 5.41) is 17.4. The first-order valence-corrected chi connectivity index (χ1v) is 6.61. The van der Waals surface area contributed by atoms with Crippen molar-refractivity contribution in [1.82, 2.24) is 15.3 Å². The van der Waals surface area contributed by atoms with Crippen molar-refractivity contribution < 1.29 is 4.92 Å². The van der Waals surface area contributed by atoms with Crippen LogP contribution in [0.3, 0.4) is 0 Å². The molecule has 1 aromatic carbocycles. The largest absolute Gasteiger partial charge is 0.366 e. The third-order valence-electron chi connectivity index (χ3n) is 3.43. The van der Waals surface area contributed by atoms with Crippen LogP contribution in [0.1, 0.15) is 12.8 Å². The van der Waals surface area contributed by atoms with Crippen molar-refractivity contribution in [2.24, 2.45) is 0 Å². The van der Waals surface area contributed by atoms with Crippen molar-refractivity contribution in [2.45, 2.75) is 18.9 Å². The number of non-ortho nitro benzene ring substituents is 1. The minimum Gasteiger partial charge on any atom is -0.366 e. The summed E-state index contributed by atoms with van der Waals surface area (Å²) in [6, 6.07) is 4.93. The van der Waals surface area contributed by atoms with Gasteiger partial charge in [0.1, 0.15) is 5.82 Å². The van der Waals surface area contributed by atoms with E-state index in [-0.39, 0.29) is 18.1 Å². The number of aromatic nitrogens is 2. The molecule has 1 aromatic heterocycles. The van der Waals surface area contributed by atoms with E-state index in [4.69, 9.17) is 0 Å². The number of nitrogens with zero attached hydrogens (tertiary/aromatic N) is 3. The van der Waals surface area contributed by atoms with E-state index in [9.17, 15) is 10.1 Å². The average molecular weight is 310 g/mol. The summed E-state index contributed by atoms with van der Waals surface area (Å²) in [7, 11) is 0. The van der Waals surface area contributed by atoms with Gasteiger partial charge in [-0.05, 0) is 32.0 Å². The number of nitrogens with one attached hydrogen (secondary N) is 2. The van der Waals surface area contributed by atoms with Crippen LogP contribution in [0.4, 0.5) is 11.5 Å². The summed E-state index contributed by atoms with van der Waals surface area (Å²) in [4.78, 5) is 19.0. The topological polar surface area (TPSA) is 93.0 Å². The van der Waals surface area contributed by atoms with Crippen LogP contribution in [0.15, 0.2) is 24.4 Å². The number of piperidine rings is 1. The normalized spacial score (nSPS) is 15.4. The first-order chi connectivity index (χ1) is 9.72. The quantitative estimate of drug-likeness (QED) is 0.666. The molecular formula is C13H16ClN5O2. The van der Waals surface area contributed by atoms with Crippen LogP contribution >= 0.6 is 12.4 Å². The van der Waals surface area contributed by atoms with Crippen molar-refractivity contribution in [3.05, 3.63) is 34.5 Å².